The van der Waals surface area contributed by atoms with Crippen LogP contribution in [0.5, 0.6) is 0 Å². The molecule has 0 unspecified atom stereocenters. The van der Waals surface area contributed by atoms with E-state index in [0.29, 0.717) is 55.2 Å². The second-order valence-corrected chi connectivity index (χ2v) is 33.5. The van der Waals surface area contributed by atoms with Crippen molar-refractivity contribution in [3.8, 4) is 0 Å². The van der Waals surface area contributed by atoms with E-state index < -0.39 is 71.3 Å². The lowest BCUT2D eigenvalue weighted by Gasteiger charge is -2.22. The summed E-state index contributed by atoms with van der Waals surface area (Å²) in [4.78, 5) is 151. The Bertz CT molecular complexity index is 5820. The highest BCUT2D eigenvalue weighted by molar-refractivity contribution is 6.01. The van der Waals surface area contributed by atoms with Gasteiger partial charge in [0, 0.05) is 99.3 Å². The fourth-order valence-electron chi connectivity index (χ4n) is 15.0. The predicted octanol–water partition coefficient (Wildman–Crippen LogP) is 20.4. The Balaban J connectivity index is 0.000000284. The first-order valence-electron chi connectivity index (χ1n) is 45.2. The number of rotatable bonds is 44. The largest absolute Gasteiger partial charge is 0.466 e. The summed E-state index contributed by atoms with van der Waals surface area (Å²) in [5.74, 6) is -6.60. The minimum Gasteiger partial charge on any atom is -0.466 e. The van der Waals surface area contributed by atoms with Gasteiger partial charge in [-0.3, -0.25) is 57.5 Å². The molecule has 12 aromatic rings. The van der Waals surface area contributed by atoms with E-state index in [4.69, 9.17) is 18.9 Å². The van der Waals surface area contributed by atoms with Gasteiger partial charge in [-0.15, -0.1) is 0 Å². The van der Waals surface area contributed by atoms with Gasteiger partial charge >= 0.3 is 23.9 Å². The zero-order valence-electron chi connectivity index (χ0n) is 77.2. The van der Waals surface area contributed by atoms with E-state index in [9.17, 15) is 75.1 Å². The number of benzene rings is 12. The van der Waals surface area contributed by atoms with Crippen LogP contribution in [0.2, 0.25) is 0 Å². The van der Waals surface area contributed by atoms with Gasteiger partial charge in [-0.1, -0.05) is 264 Å². The number of aryl methyl sites for hydroxylation is 1. The third-order valence-corrected chi connectivity index (χ3v) is 22.1. The van der Waals surface area contributed by atoms with Crippen LogP contribution < -0.4 is 21.3 Å². The molecule has 0 bridgehead atoms. The van der Waals surface area contributed by atoms with Crippen LogP contribution in [0.3, 0.4) is 0 Å². The van der Waals surface area contributed by atoms with Gasteiger partial charge in [0.25, 0.3) is 23.6 Å². The average molecular weight is 1910 g/mol. The molecule has 140 heavy (non-hydrogen) atoms. The van der Waals surface area contributed by atoms with Crippen molar-refractivity contribution in [2.24, 2.45) is 23.7 Å². The van der Waals surface area contributed by atoms with Crippen molar-refractivity contribution >= 4 is 70.6 Å². The van der Waals surface area contributed by atoms with Gasteiger partial charge in [-0.2, -0.15) is 0 Å². The number of esters is 4. The van der Waals surface area contributed by atoms with Crippen molar-refractivity contribution in [2.45, 2.75) is 158 Å². The zero-order valence-corrected chi connectivity index (χ0v) is 77.2. The van der Waals surface area contributed by atoms with E-state index in [2.05, 4.69) is 21.3 Å². The summed E-state index contributed by atoms with van der Waals surface area (Å²) in [6.07, 6.45) is 3.79. The van der Waals surface area contributed by atoms with E-state index >= 15 is 0 Å². The first-order chi connectivity index (χ1) is 66.0. The third kappa shape index (κ3) is 42.6. The van der Waals surface area contributed by atoms with Crippen LogP contribution in [0.1, 0.15) is 167 Å². The minimum atomic E-state index is -0.909. The lowest BCUT2D eigenvalue weighted by atomic mass is 9.90. The molecule has 0 aliphatic rings. The van der Waals surface area contributed by atoms with Crippen LogP contribution >= 0.6 is 0 Å². The molecule has 0 radical (unpaired) electrons. The Hall–Kier alpha value is -15.2. The van der Waals surface area contributed by atoms with Crippen molar-refractivity contribution in [2.75, 3.05) is 26.4 Å². The van der Waals surface area contributed by atoms with E-state index in [1.165, 1.54) is 100 Å². The maximum atomic E-state index is 13.5. The summed E-state index contributed by atoms with van der Waals surface area (Å²) >= 11 is 0. The summed E-state index contributed by atoms with van der Waals surface area (Å²) < 4.78 is 74.2. The van der Waals surface area contributed by atoms with Crippen LogP contribution in [0, 0.1) is 53.9 Å². The Kier molecular flexibility index (Phi) is 49.5. The standard InChI is InChI=1S/C29H31NO4.C28H27F2NO4.2C28H28FNO4.3CH4/c1-21-13-15-24(16-14-21)17-25(20-34-22(2)31)19-28(32)27(18-23-9-5-3-6-10-23)30-29(33)26-11-7-4-8-12-26;1-19(32)35-18-22(15-20-5-3-2-4-6-20)17-27(33)26(16-21-7-11-24(29)12-8-21)31-28(34)23-9-13-25(30)14-10-23;1-20(31)34-19-23(16-21-8-4-2-5-9-21)18-27(32)26(17-22-12-14-25(29)15-13-22)30-28(33)24-10-6-3-7-11-24;1-20(31)34-19-23(16-21-8-4-2-5-9-21)18-27(32)26(17-22-10-6-3-7-11-22)30-28(33)24-12-14-25(29)15-13-24;;;/h3-16,25,27H,17-20H2,1-2H3,(H,30,33);2-14,22,26H,15-18H2,1H3,(H,31,34);2*2-15,23,26H,16-19H2,1H3,(H,30,33);3*1H4/t25-,27+;22-,26+;2*23-,26+;;;/m1111.../s1. The highest BCUT2D eigenvalue weighted by Crippen LogP contribution is 2.25. The quantitative estimate of drug-likeness (QED) is 0.0157. The van der Waals surface area contributed by atoms with Gasteiger partial charge in [0.2, 0.25) is 0 Å². The van der Waals surface area contributed by atoms with E-state index in [1.54, 1.807) is 78.9 Å². The molecule has 0 heterocycles. The molecule has 12 aromatic carbocycles. The average Bonchev–Trinajstić information content (AvgIpc) is 0.850. The number of ether oxygens (including phenoxy) is 4. The Labute approximate surface area is 818 Å². The number of amides is 4. The van der Waals surface area contributed by atoms with Crippen LogP contribution in [-0.2, 0) is 109 Å². The fraction of sp³-hybridized carbons (Fsp3) is 0.276. The van der Waals surface area contributed by atoms with E-state index in [0.717, 1.165) is 44.5 Å². The summed E-state index contributed by atoms with van der Waals surface area (Å²) in [6, 6.07) is 92.1. The molecule has 0 saturated heterocycles. The molecule has 8 atom stereocenters. The molecule has 734 valence electrons. The highest BCUT2D eigenvalue weighted by Gasteiger charge is 2.32. The normalized spacial score (nSPS) is 12.2. The summed E-state index contributed by atoms with van der Waals surface area (Å²) in [7, 11) is 0. The number of ketones is 4. The van der Waals surface area contributed by atoms with Gasteiger partial charge in [0.1, 0.15) is 23.3 Å². The highest BCUT2D eigenvalue weighted by atomic mass is 19.1. The summed E-state index contributed by atoms with van der Waals surface area (Å²) in [5.41, 5.74) is 9.97. The number of hydrogen-bond donors (Lipinski definition) is 4. The molecule has 12 rings (SSSR count). The molecule has 0 aliphatic carbocycles. The molecule has 0 aromatic heterocycles. The van der Waals surface area contributed by atoms with Gasteiger partial charge in [0.05, 0.1) is 50.6 Å². The molecule has 0 spiro atoms. The Morgan fingerprint density at radius 1 is 0.221 bits per heavy atom. The monoisotopic (exact) mass is 1910 g/mol. The van der Waals surface area contributed by atoms with Crippen LogP contribution in [0.15, 0.2) is 334 Å². The molecular weight excluding hydrogens is 1780 g/mol. The molecule has 20 nitrogen and oxygen atoms in total. The minimum absolute atomic E-state index is 0. The SMILES string of the molecule is C.C.C.CC(=O)OC[C@@H](CC(=O)[C@H](Cc1ccc(F)cc1)NC(=O)c1ccc(F)cc1)Cc1ccccc1.CC(=O)OC[C@@H](CC(=O)[C@H](Cc1ccc(F)cc1)NC(=O)c1ccccc1)Cc1ccccc1.CC(=O)OC[C@@H](CC(=O)[C@H](Cc1ccccc1)NC(=O)c1ccc(F)cc1)Cc1ccccc1.CC(=O)OC[C@@H](CC(=O)[C@H](Cc1ccccc1)NC(=O)c1ccccc1)Cc1ccc(C)cc1. The molecule has 0 fully saturated rings. The summed E-state index contributed by atoms with van der Waals surface area (Å²) in [5, 5.41) is 11.3. The number of halogens is 4. The number of carbonyl (C=O) groups is 12. The van der Waals surface area contributed by atoms with E-state index in [-0.39, 0.29) is 169 Å². The molecule has 4 amide bonds. The van der Waals surface area contributed by atoms with Crippen molar-refractivity contribution in [3.05, 3.63) is 429 Å². The van der Waals surface area contributed by atoms with Crippen molar-refractivity contribution in [1.82, 2.24) is 21.3 Å². The number of nitrogens with one attached hydrogen (secondary N) is 4. The van der Waals surface area contributed by atoms with Gasteiger partial charge < -0.3 is 40.2 Å². The second-order valence-electron chi connectivity index (χ2n) is 33.5. The van der Waals surface area contributed by atoms with Gasteiger partial charge in [-0.25, -0.2) is 17.6 Å². The molecule has 4 N–H and O–H groups in total. The molecule has 0 aliphatic heterocycles. The second kappa shape index (κ2) is 61.1. The summed E-state index contributed by atoms with van der Waals surface area (Å²) in [6.45, 7) is 7.79. The van der Waals surface area contributed by atoms with Crippen molar-refractivity contribution < 1.29 is 94.0 Å². The molecule has 24 heteroatoms. The van der Waals surface area contributed by atoms with Crippen LogP contribution in [-0.4, -0.2) is 121 Å². The fourth-order valence-corrected chi connectivity index (χ4v) is 15.0. The van der Waals surface area contributed by atoms with Gasteiger partial charge in [-0.05, 0) is 200 Å². The van der Waals surface area contributed by atoms with Crippen LogP contribution in [0.25, 0.3) is 0 Å². The van der Waals surface area contributed by atoms with Crippen molar-refractivity contribution in [3.63, 3.8) is 0 Å². The van der Waals surface area contributed by atoms with E-state index in [1.807, 2.05) is 189 Å². The molecular formula is C116H126F4N4O16. The first-order valence-corrected chi connectivity index (χ1v) is 45.2. The smallest absolute Gasteiger partial charge is 0.302 e. The predicted molar refractivity (Wildman–Crippen MR) is 536 cm³/mol. The maximum absolute atomic E-state index is 13.5. The lowest BCUT2D eigenvalue weighted by Crippen LogP contribution is -2.43. The topological polar surface area (TPSA) is 290 Å². The third-order valence-electron chi connectivity index (χ3n) is 22.1. The molecule has 0 saturated carbocycles. The zero-order chi connectivity index (χ0) is 98.2. The van der Waals surface area contributed by atoms with Crippen LogP contribution in [0.4, 0.5) is 17.6 Å². The number of Topliss-reactive ketones (excluding diaryl/α,β-unsaturated/α-hetero) is 4. The number of hydrogen-bond acceptors (Lipinski definition) is 16. The Morgan fingerprint density at radius 3 is 0.593 bits per heavy atom. The Morgan fingerprint density at radius 2 is 0.386 bits per heavy atom. The number of carbonyl (C=O) groups excluding carboxylic acids is 12. The van der Waals surface area contributed by atoms with Crippen molar-refractivity contribution in [1.29, 1.82) is 0 Å². The lowest BCUT2D eigenvalue weighted by molar-refractivity contribution is -0.143. The van der Waals surface area contributed by atoms with Gasteiger partial charge in [0.15, 0.2) is 23.1 Å². The maximum Gasteiger partial charge on any atom is 0.302 e. The first kappa shape index (κ1) is 114.